The van der Waals surface area contributed by atoms with Gasteiger partial charge in [0.05, 0.1) is 23.2 Å². The monoisotopic (exact) mass is 476 g/mol. The van der Waals surface area contributed by atoms with Crippen molar-refractivity contribution in [3.8, 4) is 0 Å². The number of nitrogens with zero attached hydrogens (tertiary/aromatic N) is 2. The summed E-state index contributed by atoms with van der Waals surface area (Å²) in [6.45, 7) is 3.37. The molecule has 1 fully saturated rings. The molecule has 5 rings (SSSR count). The van der Waals surface area contributed by atoms with Crippen LogP contribution in [0.4, 0.5) is 4.39 Å². The van der Waals surface area contributed by atoms with Crippen LogP contribution in [0.25, 0.3) is 21.9 Å². The Labute approximate surface area is 204 Å². The summed E-state index contributed by atoms with van der Waals surface area (Å²) in [6.07, 6.45) is 5.47. The zero-order valence-corrected chi connectivity index (χ0v) is 20.3. The van der Waals surface area contributed by atoms with Gasteiger partial charge in [-0.2, -0.15) is 0 Å². The quantitative estimate of drug-likeness (QED) is 0.229. The molecule has 0 aliphatic heterocycles. The number of nitrogens with one attached hydrogen (secondary N) is 2. The molecule has 1 saturated carbocycles. The lowest BCUT2D eigenvalue weighted by Crippen LogP contribution is -2.24. The van der Waals surface area contributed by atoms with Crippen molar-refractivity contribution in [2.45, 2.75) is 50.7 Å². The third-order valence-electron chi connectivity index (χ3n) is 7.57. The van der Waals surface area contributed by atoms with Crippen molar-refractivity contribution in [1.29, 1.82) is 0 Å². The number of pyridine rings is 1. The number of benzene rings is 2. The minimum atomic E-state index is -0.744. The Bertz CT molecular complexity index is 1300. The van der Waals surface area contributed by atoms with E-state index in [9.17, 15) is 9.50 Å². The predicted molar refractivity (Wildman–Crippen MR) is 136 cm³/mol. The Morgan fingerprint density at radius 2 is 1.91 bits per heavy atom. The molecule has 2 aromatic heterocycles. The van der Waals surface area contributed by atoms with E-state index in [1.165, 1.54) is 11.6 Å². The number of imidazole rings is 1. The van der Waals surface area contributed by atoms with Gasteiger partial charge in [0.1, 0.15) is 17.9 Å². The lowest BCUT2D eigenvalue weighted by atomic mass is 9.73. The maximum absolute atomic E-state index is 13.9. The van der Waals surface area contributed by atoms with Crippen LogP contribution in [0.3, 0.4) is 0 Å². The second-order valence-corrected chi connectivity index (χ2v) is 9.71. The van der Waals surface area contributed by atoms with Gasteiger partial charge in [0.15, 0.2) is 0 Å². The Kier molecular flexibility index (Phi) is 7.09. The number of aliphatic hydroxyl groups is 1. The molecule has 1 aliphatic rings. The fourth-order valence-electron chi connectivity index (χ4n) is 5.50. The molecular weight excluding hydrogens is 443 g/mol. The number of methoxy groups -OCH3 is 1. The van der Waals surface area contributed by atoms with E-state index in [0.717, 1.165) is 59.0 Å². The molecule has 3 N–H and O–H groups in total. The van der Waals surface area contributed by atoms with Crippen molar-refractivity contribution < 1.29 is 14.2 Å². The number of halogens is 1. The van der Waals surface area contributed by atoms with Gasteiger partial charge in [-0.15, -0.1) is 0 Å². The second-order valence-electron chi connectivity index (χ2n) is 9.71. The third-order valence-corrected chi connectivity index (χ3v) is 7.57. The summed E-state index contributed by atoms with van der Waals surface area (Å²) in [7, 11) is 1.64. The molecule has 0 spiro atoms. The van der Waals surface area contributed by atoms with Gasteiger partial charge in [-0.1, -0.05) is 13.0 Å². The van der Waals surface area contributed by atoms with E-state index in [0.29, 0.717) is 30.9 Å². The van der Waals surface area contributed by atoms with E-state index in [1.54, 1.807) is 19.2 Å². The van der Waals surface area contributed by atoms with Gasteiger partial charge in [0.25, 0.3) is 0 Å². The third kappa shape index (κ3) is 5.08. The maximum atomic E-state index is 13.9. The van der Waals surface area contributed by atoms with Crippen LogP contribution in [-0.2, 0) is 4.74 Å². The zero-order valence-electron chi connectivity index (χ0n) is 20.3. The van der Waals surface area contributed by atoms with Gasteiger partial charge in [0, 0.05) is 31.2 Å². The first kappa shape index (κ1) is 23.9. The Balaban J connectivity index is 1.26. The lowest BCUT2D eigenvalue weighted by Gasteiger charge is -2.32. The van der Waals surface area contributed by atoms with Gasteiger partial charge in [-0.05, 0) is 85.0 Å². The molecule has 4 aromatic rings. The molecule has 7 heteroatoms. The first-order valence-corrected chi connectivity index (χ1v) is 12.5. The number of aromatic amines is 1. The van der Waals surface area contributed by atoms with Crippen molar-refractivity contribution in [3.05, 3.63) is 71.4 Å². The smallest absolute Gasteiger partial charge is 0.131 e. The molecule has 6 nitrogen and oxygen atoms in total. The fourth-order valence-corrected chi connectivity index (χ4v) is 5.50. The summed E-state index contributed by atoms with van der Waals surface area (Å²) in [5.41, 5.74) is 4.74. The number of H-pyrrole nitrogens is 1. The van der Waals surface area contributed by atoms with Crippen LogP contribution in [-0.4, -0.2) is 40.3 Å². The van der Waals surface area contributed by atoms with Crippen molar-refractivity contribution >= 4 is 21.9 Å². The van der Waals surface area contributed by atoms with Gasteiger partial charge in [-0.25, -0.2) is 9.37 Å². The number of aromatic nitrogens is 3. The van der Waals surface area contributed by atoms with Crippen LogP contribution in [0.5, 0.6) is 0 Å². The average molecular weight is 477 g/mol. The van der Waals surface area contributed by atoms with E-state index in [1.807, 2.05) is 24.4 Å². The highest BCUT2D eigenvalue weighted by Gasteiger charge is 2.29. The van der Waals surface area contributed by atoms with Crippen LogP contribution in [0.2, 0.25) is 0 Å². The van der Waals surface area contributed by atoms with Crippen LogP contribution in [0, 0.1) is 11.7 Å². The summed E-state index contributed by atoms with van der Waals surface area (Å²) < 4.78 is 18.9. The summed E-state index contributed by atoms with van der Waals surface area (Å²) in [5.74, 6) is 2.07. The van der Waals surface area contributed by atoms with E-state index >= 15 is 0 Å². The lowest BCUT2D eigenvalue weighted by molar-refractivity contribution is 0.119. The van der Waals surface area contributed by atoms with Crippen molar-refractivity contribution in [2.75, 3.05) is 20.3 Å². The molecule has 2 aromatic carbocycles. The zero-order chi connectivity index (χ0) is 24.4. The van der Waals surface area contributed by atoms with Crippen LogP contribution >= 0.6 is 0 Å². The minimum Gasteiger partial charge on any atom is -0.383 e. The maximum Gasteiger partial charge on any atom is 0.131 e. The van der Waals surface area contributed by atoms with E-state index in [2.05, 4.69) is 28.3 Å². The van der Waals surface area contributed by atoms with E-state index in [4.69, 9.17) is 9.72 Å². The minimum absolute atomic E-state index is 0.208. The number of rotatable bonds is 8. The molecule has 35 heavy (non-hydrogen) atoms. The number of hydrogen-bond donors (Lipinski definition) is 3. The molecule has 0 bridgehead atoms. The van der Waals surface area contributed by atoms with E-state index in [-0.39, 0.29) is 5.82 Å². The molecule has 0 saturated heterocycles. The van der Waals surface area contributed by atoms with Gasteiger partial charge < -0.3 is 14.8 Å². The SMILES string of the molecule is COCCNC(O)c1ccc2nc([C@H](C)C3CCC(c4ccnc5ccc(F)cc45)CC3)[nH]c2c1. The highest BCUT2D eigenvalue weighted by molar-refractivity contribution is 5.82. The summed E-state index contributed by atoms with van der Waals surface area (Å²) in [5, 5.41) is 14.4. The molecular formula is C28H33FN4O2. The average Bonchev–Trinajstić information content (AvgIpc) is 3.31. The predicted octanol–water partition coefficient (Wildman–Crippen LogP) is 5.55. The highest BCUT2D eigenvalue weighted by atomic mass is 19.1. The summed E-state index contributed by atoms with van der Waals surface area (Å²) in [4.78, 5) is 12.8. The number of ether oxygens (including phenoxy) is 1. The van der Waals surface area contributed by atoms with Gasteiger partial charge in [0.2, 0.25) is 0 Å². The number of aliphatic hydroxyl groups excluding tert-OH is 1. The summed E-state index contributed by atoms with van der Waals surface area (Å²) in [6, 6.07) is 12.8. The molecule has 184 valence electrons. The summed E-state index contributed by atoms with van der Waals surface area (Å²) >= 11 is 0. The molecule has 2 atom stereocenters. The first-order chi connectivity index (χ1) is 17.0. The Morgan fingerprint density at radius 3 is 2.71 bits per heavy atom. The Morgan fingerprint density at radius 1 is 1.11 bits per heavy atom. The molecule has 0 amide bonds. The fraction of sp³-hybridized carbons (Fsp3) is 0.429. The van der Waals surface area contributed by atoms with Crippen molar-refractivity contribution in [3.63, 3.8) is 0 Å². The van der Waals surface area contributed by atoms with Crippen LogP contribution in [0.1, 0.15) is 67.6 Å². The first-order valence-electron chi connectivity index (χ1n) is 12.5. The van der Waals surface area contributed by atoms with Gasteiger partial charge in [-0.3, -0.25) is 10.3 Å². The van der Waals surface area contributed by atoms with Crippen molar-refractivity contribution in [2.24, 2.45) is 5.92 Å². The Hall–Kier alpha value is -2.87. The largest absolute Gasteiger partial charge is 0.383 e. The topological polar surface area (TPSA) is 83.1 Å². The van der Waals surface area contributed by atoms with E-state index < -0.39 is 6.23 Å². The van der Waals surface area contributed by atoms with Gasteiger partial charge >= 0.3 is 0 Å². The molecule has 0 radical (unpaired) electrons. The normalized spacial score (nSPS) is 20.3. The molecule has 2 heterocycles. The highest BCUT2D eigenvalue weighted by Crippen LogP contribution is 2.43. The van der Waals surface area contributed by atoms with Crippen LogP contribution in [0.15, 0.2) is 48.7 Å². The number of fused-ring (bicyclic) bond motifs is 2. The second kappa shape index (κ2) is 10.4. The molecule has 1 unspecified atom stereocenters. The standard InChI is InChI=1S/C28H33FN4O2/c1-17(27-32-25-9-7-20(15-26(25)33-27)28(34)31-13-14-35-2)18-3-5-19(6-4-18)22-11-12-30-24-10-8-21(29)16-23(22)24/h7-12,15-19,28,31,34H,3-6,13-14H2,1-2H3,(H,32,33)/t17-,18?,19?,28?/m1/s1. The molecule has 1 aliphatic carbocycles. The number of hydrogen-bond acceptors (Lipinski definition) is 5. The van der Waals surface area contributed by atoms with Crippen molar-refractivity contribution in [1.82, 2.24) is 20.3 Å². The van der Waals surface area contributed by atoms with Crippen LogP contribution < -0.4 is 5.32 Å².